The molecule has 46 heavy (non-hydrogen) atoms. The molecule has 0 saturated heterocycles. The van der Waals surface area contributed by atoms with Crippen molar-refractivity contribution in [1.29, 1.82) is 0 Å². The van der Waals surface area contributed by atoms with Crippen LogP contribution in [0.3, 0.4) is 0 Å². The molecule has 0 radical (unpaired) electrons. The van der Waals surface area contributed by atoms with Gasteiger partial charge in [0.15, 0.2) is 11.5 Å². The number of amides is 1. The minimum absolute atomic E-state index is 0.0279. The predicted octanol–water partition coefficient (Wildman–Crippen LogP) is 5.66. The number of carbonyl (C=O) groups is 1. The largest absolute Gasteiger partial charge is 0.497 e. The van der Waals surface area contributed by atoms with Crippen LogP contribution in [-0.2, 0) is 24.8 Å². The lowest BCUT2D eigenvalue weighted by atomic mass is 10.2. The number of nitrogens with zero attached hydrogens (tertiary/aromatic N) is 1. The average Bonchev–Trinajstić information content (AvgIpc) is 3.04. The third-order valence-electron chi connectivity index (χ3n) is 6.51. The summed E-state index contributed by atoms with van der Waals surface area (Å²) in [6.07, 6.45) is 0. The Bertz CT molecular complexity index is 1960. The minimum atomic E-state index is -4.42. The van der Waals surface area contributed by atoms with Gasteiger partial charge in [0.2, 0.25) is 5.91 Å². The summed E-state index contributed by atoms with van der Waals surface area (Å²) in [7, 11) is -2.92. The molecule has 16 heteroatoms. The van der Waals surface area contributed by atoms with Gasteiger partial charge in [-0.25, -0.2) is 16.8 Å². The van der Waals surface area contributed by atoms with Crippen LogP contribution in [0.2, 0.25) is 10.0 Å². The van der Waals surface area contributed by atoms with Gasteiger partial charge in [0.05, 0.1) is 54.6 Å². The summed E-state index contributed by atoms with van der Waals surface area (Å²) in [5.41, 5.74) is 0.363. The summed E-state index contributed by atoms with van der Waals surface area (Å²) in [5.74, 6) is 0.195. The average molecular weight is 711 g/mol. The van der Waals surface area contributed by atoms with Crippen molar-refractivity contribution in [3.8, 4) is 23.0 Å². The van der Waals surface area contributed by atoms with E-state index in [1.165, 1.54) is 101 Å². The molecule has 0 spiro atoms. The van der Waals surface area contributed by atoms with Crippen LogP contribution in [0.1, 0.15) is 0 Å². The normalized spacial score (nSPS) is 11.3. The standard InChI is InChI=1S/C30H29Cl2N3O9S2/c1-41-21-8-13-27(42-2)26(16-21)35(46(39,40)23-11-14-28(43-3)29(17-23)44-4)18-30(36)33-20-6-9-22(10-7-20)45(37,38)34-25-12-5-19(31)15-24(25)32/h5-17,34H,18H2,1-4H3,(H,33,36). The van der Waals surface area contributed by atoms with Gasteiger partial charge in [0.1, 0.15) is 18.0 Å². The molecular formula is C30H29Cl2N3O9S2. The smallest absolute Gasteiger partial charge is 0.265 e. The Morgan fingerprint density at radius 3 is 1.96 bits per heavy atom. The van der Waals surface area contributed by atoms with Crippen LogP contribution >= 0.6 is 23.2 Å². The minimum Gasteiger partial charge on any atom is -0.497 e. The molecule has 0 aliphatic rings. The van der Waals surface area contributed by atoms with E-state index in [0.717, 1.165) is 4.31 Å². The first-order valence-electron chi connectivity index (χ1n) is 13.2. The van der Waals surface area contributed by atoms with Gasteiger partial charge in [-0.05, 0) is 66.7 Å². The van der Waals surface area contributed by atoms with Crippen molar-refractivity contribution in [3.05, 3.63) is 88.9 Å². The molecule has 0 aromatic heterocycles. The van der Waals surface area contributed by atoms with Crippen molar-refractivity contribution in [2.24, 2.45) is 0 Å². The maximum absolute atomic E-state index is 14.1. The van der Waals surface area contributed by atoms with Crippen LogP contribution in [0.4, 0.5) is 17.1 Å². The number of carbonyl (C=O) groups excluding carboxylic acids is 1. The quantitative estimate of drug-likeness (QED) is 0.179. The Hall–Kier alpha value is -4.37. The molecule has 4 aromatic rings. The number of anilines is 3. The molecule has 4 aromatic carbocycles. The van der Waals surface area contributed by atoms with Gasteiger partial charge in [0.25, 0.3) is 20.0 Å². The lowest BCUT2D eigenvalue weighted by molar-refractivity contribution is -0.114. The molecule has 0 heterocycles. The fourth-order valence-corrected chi connectivity index (χ4v) is 7.25. The van der Waals surface area contributed by atoms with E-state index in [9.17, 15) is 21.6 Å². The third kappa shape index (κ3) is 7.70. The van der Waals surface area contributed by atoms with Gasteiger partial charge >= 0.3 is 0 Å². The van der Waals surface area contributed by atoms with Crippen molar-refractivity contribution >= 4 is 66.2 Å². The highest BCUT2D eigenvalue weighted by atomic mass is 35.5. The zero-order valence-corrected chi connectivity index (χ0v) is 28.1. The van der Waals surface area contributed by atoms with Crippen molar-refractivity contribution < 1.29 is 40.6 Å². The second-order valence-corrected chi connectivity index (χ2v) is 13.8. The first-order valence-corrected chi connectivity index (χ1v) is 16.9. The molecule has 12 nitrogen and oxygen atoms in total. The number of methoxy groups -OCH3 is 4. The molecule has 0 fully saturated rings. The first-order chi connectivity index (χ1) is 21.8. The van der Waals surface area contributed by atoms with Crippen LogP contribution in [-0.4, -0.2) is 57.7 Å². The van der Waals surface area contributed by atoms with Gasteiger partial charge in [-0.1, -0.05) is 23.2 Å². The molecule has 0 aliphatic heterocycles. The van der Waals surface area contributed by atoms with E-state index in [2.05, 4.69) is 10.0 Å². The van der Waals surface area contributed by atoms with Crippen LogP contribution < -0.4 is 33.3 Å². The van der Waals surface area contributed by atoms with Gasteiger partial charge in [0, 0.05) is 22.8 Å². The van der Waals surface area contributed by atoms with Crippen molar-refractivity contribution in [3.63, 3.8) is 0 Å². The van der Waals surface area contributed by atoms with E-state index in [0.29, 0.717) is 16.5 Å². The number of benzene rings is 4. The summed E-state index contributed by atoms with van der Waals surface area (Å²) >= 11 is 12.0. The molecule has 0 bridgehead atoms. The summed E-state index contributed by atoms with van der Waals surface area (Å²) in [4.78, 5) is 13.0. The highest BCUT2D eigenvalue weighted by Gasteiger charge is 2.31. The highest BCUT2D eigenvalue weighted by molar-refractivity contribution is 7.93. The fourth-order valence-electron chi connectivity index (χ4n) is 4.22. The number of nitrogens with one attached hydrogen (secondary N) is 2. The van der Waals surface area contributed by atoms with E-state index >= 15 is 0 Å². The second-order valence-electron chi connectivity index (χ2n) is 9.37. The first kappa shape index (κ1) is 34.5. The van der Waals surface area contributed by atoms with Crippen LogP contribution in [0, 0.1) is 0 Å². The van der Waals surface area contributed by atoms with Crippen LogP contribution in [0.15, 0.2) is 88.7 Å². The zero-order chi connectivity index (χ0) is 33.6. The van der Waals surface area contributed by atoms with E-state index in [4.69, 9.17) is 42.1 Å². The SMILES string of the molecule is COc1ccc(OC)c(N(CC(=O)Nc2ccc(S(=O)(=O)Nc3ccc(Cl)cc3Cl)cc2)S(=O)(=O)c2ccc(OC)c(OC)c2)c1. The summed E-state index contributed by atoms with van der Waals surface area (Å²) in [6, 6.07) is 18.1. The summed E-state index contributed by atoms with van der Waals surface area (Å²) < 4.78 is 78.4. The van der Waals surface area contributed by atoms with Crippen molar-refractivity contribution in [2.75, 3.05) is 49.3 Å². The number of ether oxygens (including phenoxy) is 4. The number of hydrogen-bond donors (Lipinski definition) is 2. The number of sulfonamides is 2. The van der Waals surface area contributed by atoms with E-state index < -0.39 is 32.5 Å². The maximum Gasteiger partial charge on any atom is 0.265 e. The van der Waals surface area contributed by atoms with Crippen molar-refractivity contribution in [2.45, 2.75) is 9.79 Å². The van der Waals surface area contributed by atoms with Crippen molar-refractivity contribution in [1.82, 2.24) is 0 Å². The summed E-state index contributed by atoms with van der Waals surface area (Å²) in [6.45, 7) is -0.698. The molecule has 0 atom stereocenters. The molecule has 244 valence electrons. The van der Waals surface area contributed by atoms with E-state index in [-0.39, 0.29) is 43.4 Å². The molecule has 0 saturated carbocycles. The van der Waals surface area contributed by atoms with Crippen LogP contribution in [0.25, 0.3) is 0 Å². The second kappa shape index (κ2) is 14.4. The van der Waals surface area contributed by atoms with E-state index in [1.54, 1.807) is 6.07 Å². The zero-order valence-electron chi connectivity index (χ0n) is 24.9. The third-order valence-corrected chi connectivity index (χ3v) is 10.2. The van der Waals surface area contributed by atoms with Gasteiger partial charge in [-0.2, -0.15) is 0 Å². The summed E-state index contributed by atoms with van der Waals surface area (Å²) in [5, 5.41) is 3.06. The lowest BCUT2D eigenvalue weighted by Crippen LogP contribution is -2.38. The van der Waals surface area contributed by atoms with Crippen LogP contribution in [0.5, 0.6) is 23.0 Å². The number of halogens is 2. The lowest BCUT2D eigenvalue weighted by Gasteiger charge is -2.26. The molecule has 2 N–H and O–H groups in total. The molecular weight excluding hydrogens is 681 g/mol. The molecule has 4 rings (SSSR count). The topological polar surface area (TPSA) is 150 Å². The Balaban J connectivity index is 1.63. The Morgan fingerprint density at radius 2 is 1.35 bits per heavy atom. The number of hydrogen-bond acceptors (Lipinski definition) is 9. The predicted molar refractivity (Wildman–Crippen MR) is 176 cm³/mol. The molecule has 1 amide bonds. The Labute approximate surface area is 276 Å². The van der Waals surface area contributed by atoms with Gasteiger partial charge in [-0.15, -0.1) is 0 Å². The fraction of sp³-hybridized carbons (Fsp3) is 0.167. The van der Waals surface area contributed by atoms with E-state index in [1.807, 2.05) is 0 Å². The Morgan fingerprint density at radius 1 is 0.717 bits per heavy atom. The molecule has 0 aliphatic carbocycles. The Kier molecular flexibility index (Phi) is 10.8. The highest BCUT2D eigenvalue weighted by Crippen LogP contribution is 2.37. The monoisotopic (exact) mass is 709 g/mol. The number of rotatable bonds is 13. The maximum atomic E-state index is 14.1. The van der Waals surface area contributed by atoms with Gasteiger partial charge in [-0.3, -0.25) is 13.8 Å². The molecule has 0 unspecified atom stereocenters. The van der Waals surface area contributed by atoms with Gasteiger partial charge < -0.3 is 24.3 Å².